The summed E-state index contributed by atoms with van der Waals surface area (Å²) in [5.74, 6) is -1.67. The highest BCUT2D eigenvalue weighted by atomic mass is 16.6. The normalized spacial score (nSPS) is 10.3. The molecule has 0 radical (unpaired) electrons. The van der Waals surface area contributed by atoms with Crippen molar-refractivity contribution in [2.24, 2.45) is 5.73 Å². The number of anilines is 1. The van der Waals surface area contributed by atoms with Gasteiger partial charge in [0.1, 0.15) is 12.1 Å². The van der Waals surface area contributed by atoms with Gasteiger partial charge in [0.15, 0.2) is 0 Å². The van der Waals surface area contributed by atoms with Crippen molar-refractivity contribution in [3.63, 3.8) is 0 Å². The fourth-order valence-electron chi connectivity index (χ4n) is 2.19. The molecule has 0 atom stereocenters. The van der Waals surface area contributed by atoms with Crippen LogP contribution < -0.4 is 16.6 Å². The van der Waals surface area contributed by atoms with Crippen LogP contribution in [0.2, 0.25) is 0 Å². The summed E-state index contributed by atoms with van der Waals surface area (Å²) in [5, 5.41) is 13.5. The quantitative estimate of drug-likeness (QED) is 0.596. The molecule has 0 aliphatic heterocycles. The molecule has 9 heteroatoms. The molecule has 1 aromatic heterocycles. The molecule has 0 saturated carbocycles. The monoisotopic (exact) mass is 344 g/mol. The minimum Gasteiger partial charge on any atom is -0.365 e. The molecule has 0 aliphatic rings. The number of benzene rings is 1. The number of rotatable bonds is 6. The molecule has 0 aliphatic carbocycles. The highest BCUT2D eigenvalue weighted by Crippen LogP contribution is 2.12. The number of nitrogens with zero attached hydrogens (tertiary/aromatic N) is 2. The van der Waals surface area contributed by atoms with Crippen molar-refractivity contribution >= 4 is 23.2 Å². The third-order valence-corrected chi connectivity index (χ3v) is 3.51. The Bertz CT molecular complexity index is 886. The lowest BCUT2D eigenvalue weighted by atomic mass is 10.1. The number of pyridine rings is 1. The molecular formula is C16H16N4O5. The van der Waals surface area contributed by atoms with Crippen LogP contribution in [0.3, 0.4) is 0 Å². The molecular weight excluding hydrogens is 328 g/mol. The first-order valence-corrected chi connectivity index (χ1v) is 7.39. The Kier molecular flexibility index (Phi) is 5.28. The van der Waals surface area contributed by atoms with E-state index in [1.165, 1.54) is 0 Å². The van der Waals surface area contributed by atoms with E-state index in [1.807, 2.05) is 19.1 Å². The minimum atomic E-state index is -1.10. The summed E-state index contributed by atoms with van der Waals surface area (Å²) in [6, 6.07) is 7.91. The van der Waals surface area contributed by atoms with Gasteiger partial charge in [-0.05, 0) is 24.1 Å². The molecule has 1 aromatic carbocycles. The maximum absolute atomic E-state index is 12.1. The fourth-order valence-corrected chi connectivity index (χ4v) is 2.19. The summed E-state index contributed by atoms with van der Waals surface area (Å²) in [6.07, 6.45) is 1.75. The predicted molar refractivity (Wildman–Crippen MR) is 90.3 cm³/mol. The van der Waals surface area contributed by atoms with Gasteiger partial charge in [-0.1, -0.05) is 19.1 Å². The van der Waals surface area contributed by atoms with E-state index < -0.39 is 40.1 Å². The number of aryl methyl sites for hydroxylation is 1. The first kappa shape index (κ1) is 17.9. The second kappa shape index (κ2) is 7.39. The predicted octanol–water partition coefficient (Wildman–Crippen LogP) is 1.06. The molecule has 9 nitrogen and oxygen atoms in total. The number of aromatic nitrogens is 1. The molecule has 0 bridgehead atoms. The Morgan fingerprint density at radius 2 is 1.92 bits per heavy atom. The van der Waals surface area contributed by atoms with Gasteiger partial charge in [0.05, 0.1) is 11.1 Å². The van der Waals surface area contributed by atoms with Gasteiger partial charge in [0.2, 0.25) is 5.91 Å². The maximum Gasteiger partial charge on any atom is 0.286 e. The van der Waals surface area contributed by atoms with Crippen LogP contribution in [0.15, 0.2) is 41.3 Å². The largest absolute Gasteiger partial charge is 0.365 e. The number of hydrogen-bond acceptors (Lipinski definition) is 5. The molecule has 130 valence electrons. The Hall–Kier alpha value is -3.49. The van der Waals surface area contributed by atoms with Gasteiger partial charge in [-0.2, -0.15) is 0 Å². The Balaban J connectivity index is 2.25. The van der Waals surface area contributed by atoms with Crippen LogP contribution in [0.1, 0.15) is 22.8 Å². The lowest BCUT2D eigenvalue weighted by molar-refractivity contribution is -0.385. The van der Waals surface area contributed by atoms with Gasteiger partial charge in [-0.3, -0.25) is 29.1 Å². The molecule has 2 amide bonds. The van der Waals surface area contributed by atoms with Crippen LogP contribution in [0.25, 0.3) is 0 Å². The van der Waals surface area contributed by atoms with Crippen molar-refractivity contribution in [3.05, 3.63) is 68.1 Å². The van der Waals surface area contributed by atoms with E-state index in [2.05, 4.69) is 5.32 Å². The van der Waals surface area contributed by atoms with Crippen LogP contribution >= 0.6 is 0 Å². The van der Waals surface area contributed by atoms with Crippen molar-refractivity contribution in [2.75, 3.05) is 5.32 Å². The van der Waals surface area contributed by atoms with Gasteiger partial charge >= 0.3 is 0 Å². The van der Waals surface area contributed by atoms with Crippen LogP contribution in [0, 0.1) is 10.1 Å². The summed E-state index contributed by atoms with van der Waals surface area (Å²) >= 11 is 0. The van der Waals surface area contributed by atoms with Gasteiger partial charge in [-0.25, -0.2) is 0 Å². The highest BCUT2D eigenvalue weighted by molar-refractivity contribution is 5.93. The zero-order valence-electron chi connectivity index (χ0n) is 13.4. The van der Waals surface area contributed by atoms with E-state index in [0.29, 0.717) is 5.69 Å². The number of carbonyl (C=O) groups is 2. The SMILES string of the molecule is CCc1ccc(NC(=O)Cn2cc([N+](=O)[O-])cc(C(N)=O)c2=O)cc1. The average Bonchev–Trinajstić information content (AvgIpc) is 2.56. The standard InChI is InChI=1S/C16H16N4O5/c1-2-10-3-5-11(6-4-10)18-14(21)9-19-8-12(20(24)25)7-13(15(17)22)16(19)23/h3-8H,2,9H2,1H3,(H2,17,22)(H,18,21). The Labute approximate surface area is 142 Å². The van der Waals surface area contributed by atoms with Crippen molar-refractivity contribution < 1.29 is 14.5 Å². The molecule has 0 spiro atoms. The molecule has 2 aromatic rings. The summed E-state index contributed by atoms with van der Waals surface area (Å²) in [7, 11) is 0. The number of amides is 2. The number of nitrogens with two attached hydrogens (primary N) is 1. The van der Waals surface area contributed by atoms with Gasteiger partial charge in [-0.15, -0.1) is 0 Å². The number of nitro groups is 1. The lowest BCUT2D eigenvalue weighted by Crippen LogP contribution is -2.33. The number of carbonyl (C=O) groups excluding carboxylic acids is 2. The molecule has 0 fully saturated rings. The lowest BCUT2D eigenvalue weighted by Gasteiger charge is -2.09. The summed E-state index contributed by atoms with van der Waals surface area (Å²) < 4.78 is 0.786. The van der Waals surface area contributed by atoms with Crippen molar-refractivity contribution in [2.45, 2.75) is 19.9 Å². The summed E-state index contributed by atoms with van der Waals surface area (Å²) in [4.78, 5) is 45.6. The van der Waals surface area contributed by atoms with Crippen LogP contribution in [-0.4, -0.2) is 21.3 Å². The van der Waals surface area contributed by atoms with E-state index in [0.717, 1.165) is 28.8 Å². The Morgan fingerprint density at radius 1 is 1.28 bits per heavy atom. The van der Waals surface area contributed by atoms with Crippen LogP contribution in [0.5, 0.6) is 0 Å². The topological polar surface area (TPSA) is 137 Å². The first-order chi connectivity index (χ1) is 11.8. The molecule has 1 heterocycles. The van der Waals surface area contributed by atoms with Crippen LogP contribution in [0.4, 0.5) is 11.4 Å². The fraction of sp³-hybridized carbons (Fsp3) is 0.188. The molecule has 3 N–H and O–H groups in total. The average molecular weight is 344 g/mol. The zero-order valence-corrected chi connectivity index (χ0v) is 13.4. The molecule has 0 saturated heterocycles. The van der Waals surface area contributed by atoms with Gasteiger partial charge in [0.25, 0.3) is 17.2 Å². The highest BCUT2D eigenvalue weighted by Gasteiger charge is 2.18. The Morgan fingerprint density at radius 3 is 2.44 bits per heavy atom. The van der Waals surface area contributed by atoms with E-state index in [4.69, 9.17) is 5.73 Å². The van der Waals surface area contributed by atoms with E-state index in [-0.39, 0.29) is 0 Å². The second-order valence-electron chi connectivity index (χ2n) is 5.27. The third-order valence-electron chi connectivity index (χ3n) is 3.51. The molecule has 0 unspecified atom stereocenters. The van der Waals surface area contributed by atoms with Crippen molar-refractivity contribution in [1.29, 1.82) is 0 Å². The number of primary amides is 1. The maximum atomic E-state index is 12.1. The van der Waals surface area contributed by atoms with E-state index in [1.54, 1.807) is 12.1 Å². The second-order valence-corrected chi connectivity index (χ2v) is 5.27. The summed E-state index contributed by atoms with van der Waals surface area (Å²) in [5.41, 5.74) is 4.76. The first-order valence-electron chi connectivity index (χ1n) is 7.39. The van der Waals surface area contributed by atoms with Crippen LogP contribution in [-0.2, 0) is 17.8 Å². The smallest absolute Gasteiger partial charge is 0.286 e. The zero-order chi connectivity index (χ0) is 18.6. The molecule has 2 rings (SSSR count). The number of nitrogens with one attached hydrogen (secondary N) is 1. The third kappa shape index (κ3) is 4.28. The van der Waals surface area contributed by atoms with Gasteiger partial charge in [0, 0.05) is 11.8 Å². The minimum absolute atomic E-state index is 0.490. The number of hydrogen-bond donors (Lipinski definition) is 2. The van der Waals surface area contributed by atoms with E-state index >= 15 is 0 Å². The van der Waals surface area contributed by atoms with E-state index in [9.17, 15) is 24.5 Å². The van der Waals surface area contributed by atoms with Gasteiger partial charge < -0.3 is 11.1 Å². The molecule has 25 heavy (non-hydrogen) atoms. The van der Waals surface area contributed by atoms with Crippen molar-refractivity contribution in [1.82, 2.24) is 4.57 Å². The summed E-state index contributed by atoms with van der Waals surface area (Å²) in [6.45, 7) is 1.51. The van der Waals surface area contributed by atoms with Crippen molar-refractivity contribution in [3.8, 4) is 0 Å².